The molecule has 0 fully saturated rings. The standard InChI is InChI=1S/C20H16N2O4.C20H12N2O2.C10H12O4.C10H14.C7H8/c23-19(24)15-12-18(22-14-9-5-2-6-10-14)16(20(25)26)11-17(15)21-13-7-3-1-4-8-13;23-19-11-5-1-3-7-15(11)21-17-10-14-18(9-13(17)19)22-16-8-4-2-6-12(16)20(14)24;1-6-4-9(14-5-11)7(2)3-8(6)10(12)13;1-7-5-9(3)10(4)6-8(7)2;1-7-5-3-2-4-6-7/h1-12,21-22H,(H,23,24)(H,25,26);1-10H,(H,21,23)(H,22,24);3-4,11H,5H2,1-2H3,(H,12,13);5-6H,1-4H3;2-6H,1H3. The molecule has 410 valence electrons. The van der Waals surface area contributed by atoms with E-state index in [0.717, 1.165) is 11.0 Å². The molecule has 2 heterocycles. The Kier molecular flexibility index (Phi) is 19.3. The smallest absolute Gasteiger partial charge is 0.337 e. The van der Waals surface area contributed by atoms with Gasteiger partial charge < -0.3 is 45.8 Å². The van der Waals surface area contributed by atoms with Gasteiger partial charge in [0.05, 0.1) is 39.1 Å². The van der Waals surface area contributed by atoms with Crippen LogP contribution in [0.2, 0.25) is 0 Å². The van der Waals surface area contributed by atoms with E-state index in [4.69, 9.17) is 14.9 Å². The van der Waals surface area contributed by atoms with Gasteiger partial charge in [-0.05, 0) is 167 Å². The third kappa shape index (κ3) is 14.8. The summed E-state index contributed by atoms with van der Waals surface area (Å²) in [5, 5.41) is 44.9. The molecular weight excluding hydrogens is 1020 g/mol. The first-order valence-electron chi connectivity index (χ1n) is 25.8. The largest absolute Gasteiger partial charge is 0.478 e. The monoisotopic (exact) mass is 1080 g/mol. The summed E-state index contributed by atoms with van der Waals surface area (Å²) in [6.07, 6.45) is 0. The van der Waals surface area contributed by atoms with Crippen LogP contribution in [0.1, 0.15) is 70.0 Å². The molecule has 81 heavy (non-hydrogen) atoms. The molecule has 0 radical (unpaired) electrons. The summed E-state index contributed by atoms with van der Waals surface area (Å²) in [4.78, 5) is 66.2. The van der Waals surface area contributed by atoms with Gasteiger partial charge in [0.2, 0.25) is 0 Å². The van der Waals surface area contributed by atoms with Crippen molar-refractivity contribution in [3.63, 3.8) is 0 Å². The van der Waals surface area contributed by atoms with Gasteiger partial charge in [-0.25, -0.2) is 14.4 Å². The first-order chi connectivity index (χ1) is 38.8. The van der Waals surface area contributed by atoms with Crippen molar-refractivity contribution in [1.29, 1.82) is 0 Å². The number of aromatic nitrogens is 2. The molecule has 0 aliphatic carbocycles. The average Bonchev–Trinajstić information content (AvgIpc) is 3.45. The van der Waals surface area contributed by atoms with Gasteiger partial charge >= 0.3 is 17.9 Å². The number of aliphatic hydroxyl groups is 1. The fourth-order valence-electron chi connectivity index (χ4n) is 8.74. The van der Waals surface area contributed by atoms with Gasteiger partial charge in [0.25, 0.3) is 0 Å². The van der Waals surface area contributed by atoms with E-state index in [1.54, 1.807) is 92.7 Å². The normalized spacial score (nSPS) is 10.4. The summed E-state index contributed by atoms with van der Waals surface area (Å²) in [6, 6.07) is 56.8. The Morgan fingerprint density at radius 3 is 1.12 bits per heavy atom. The van der Waals surface area contributed by atoms with E-state index in [2.05, 4.69) is 79.5 Å². The number of anilines is 4. The minimum atomic E-state index is -1.16. The number of aromatic carboxylic acids is 3. The number of rotatable bonds is 9. The number of para-hydroxylation sites is 4. The van der Waals surface area contributed by atoms with Crippen molar-refractivity contribution >= 4 is 84.3 Å². The summed E-state index contributed by atoms with van der Waals surface area (Å²) in [6.45, 7) is 13.7. The molecule has 2 aromatic heterocycles. The number of hydrogen-bond acceptors (Lipinski definition) is 9. The second kappa shape index (κ2) is 26.8. The van der Waals surface area contributed by atoms with Crippen molar-refractivity contribution < 1.29 is 39.5 Å². The Hall–Kier alpha value is -10.3. The molecule has 0 aliphatic heterocycles. The molecule has 0 aliphatic rings. The molecule has 14 nitrogen and oxygen atoms in total. The number of carboxylic acids is 3. The molecule has 11 aromatic rings. The van der Waals surface area contributed by atoms with Gasteiger partial charge in [-0.2, -0.15) is 0 Å². The Bertz CT molecular complexity index is 3940. The van der Waals surface area contributed by atoms with Crippen LogP contribution < -0.4 is 26.2 Å². The van der Waals surface area contributed by atoms with E-state index in [-0.39, 0.29) is 38.9 Å². The number of benzene rings is 9. The van der Waals surface area contributed by atoms with Crippen LogP contribution in [-0.4, -0.2) is 55.1 Å². The molecule has 0 bridgehead atoms. The number of H-pyrrole nitrogens is 2. The lowest BCUT2D eigenvalue weighted by molar-refractivity contribution is 0.0683. The van der Waals surface area contributed by atoms with Gasteiger partial charge in [-0.15, -0.1) is 0 Å². The second-order valence-electron chi connectivity index (χ2n) is 19.2. The molecule has 0 atom stereocenters. The maximum Gasteiger partial charge on any atom is 0.337 e. The topological polar surface area (TPSA) is 231 Å². The molecule has 8 N–H and O–H groups in total. The predicted octanol–water partition coefficient (Wildman–Crippen LogP) is 14.5. The summed E-state index contributed by atoms with van der Waals surface area (Å²) >= 11 is 0. The van der Waals surface area contributed by atoms with Crippen molar-refractivity contribution in [3.05, 3.63) is 264 Å². The molecule has 0 spiro atoms. The fourth-order valence-corrected chi connectivity index (χ4v) is 8.74. The Morgan fingerprint density at radius 1 is 0.395 bits per heavy atom. The van der Waals surface area contributed by atoms with E-state index in [9.17, 15) is 34.2 Å². The first-order valence-corrected chi connectivity index (χ1v) is 25.8. The molecule has 0 saturated heterocycles. The Balaban J connectivity index is 0.000000157. The van der Waals surface area contributed by atoms with E-state index in [0.29, 0.717) is 60.8 Å². The molecule has 9 aromatic carbocycles. The Morgan fingerprint density at radius 2 is 0.765 bits per heavy atom. The summed E-state index contributed by atoms with van der Waals surface area (Å²) in [7, 11) is 0. The van der Waals surface area contributed by atoms with E-state index < -0.39 is 24.7 Å². The lowest BCUT2D eigenvalue weighted by atomic mass is 10.0. The van der Waals surface area contributed by atoms with Crippen LogP contribution in [0.15, 0.2) is 198 Å². The van der Waals surface area contributed by atoms with Crippen molar-refractivity contribution in [3.8, 4) is 5.75 Å². The number of nitrogens with one attached hydrogen (secondary N) is 4. The summed E-state index contributed by atoms with van der Waals surface area (Å²) in [5.74, 6) is -2.76. The quantitative estimate of drug-likeness (QED) is 0.0498. The molecular formula is C67H62N4O10. The van der Waals surface area contributed by atoms with Crippen LogP contribution in [0.25, 0.3) is 43.6 Å². The minimum Gasteiger partial charge on any atom is -0.478 e. The van der Waals surface area contributed by atoms with Crippen molar-refractivity contribution in [2.24, 2.45) is 0 Å². The minimum absolute atomic E-state index is 0.0303. The first kappa shape index (κ1) is 58.4. The van der Waals surface area contributed by atoms with Crippen molar-refractivity contribution in [2.45, 2.75) is 48.5 Å². The molecule has 0 amide bonds. The van der Waals surface area contributed by atoms with Crippen LogP contribution in [0.5, 0.6) is 5.75 Å². The van der Waals surface area contributed by atoms with Crippen LogP contribution in [0.3, 0.4) is 0 Å². The van der Waals surface area contributed by atoms with Crippen LogP contribution in [0, 0.1) is 48.5 Å². The highest BCUT2D eigenvalue weighted by molar-refractivity contribution is 6.04. The van der Waals surface area contributed by atoms with Gasteiger partial charge in [0, 0.05) is 44.0 Å². The third-order valence-electron chi connectivity index (χ3n) is 13.3. The zero-order valence-electron chi connectivity index (χ0n) is 45.8. The van der Waals surface area contributed by atoms with E-state index >= 15 is 0 Å². The fraction of sp³-hybridized carbons (Fsp3) is 0.119. The van der Waals surface area contributed by atoms with Crippen molar-refractivity contribution in [2.75, 3.05) is 17.4 Å². The number of hydrogen-bond donors (Lipinski definition) is 8. The van der Waals surface area contributed by atoms with Crippen molar-refractivity contribution in [1.82, 2.24) is 9.97 Å². The number of aromatic amines is 2. The maximum absolute atomic E-state index is 12.8. The number of ether oxygens (including phenoxy) is 1. The van der Waals surface area contributed by atoms with Gasteiger partial charge in [-0.1, -0.05) is 109 Å². The number of fused-ring (bicyclic) bond motifs is 4. The average molecular weight is 1080 g/mol. The number of carbonyl (C=O) groups is 3. The number of carboxylic acid groups (broad SMARTS) is 3. The molecule has 0 saturated carbocycles. The second-order valence-corrected chi connectivity index (χ2v) is 19.2. The van der Waals surface area contributed by atoms with Gasteiger partial charge in [0.15, 0.2) is 17.7 Å². The maximum atomic E-state index is 12.8. The number of aliphatic hydroxyl groups excluding tert-OH is 1. The van der Waals surface area contributed by atoms with Crippen LogP contribution >= 0.6 is 0 Å². The predicted molar refractivity (Wildman–Crippen MR) is 325 cm³/mol. The molecule has 0 unspecified atom stereocenters. The van der Waals surface area contributed by atoms with Gasteiger partial charge in [0.1, 0.15) is 5.75 Å². The number of aryl methyl sites for hydroxylation is 7. The van der Waals surface area contributed by atoms with Gasteiger partial charge in [-0.3, -0.25) is 9.59 Å². The third-order valence-corrected chi connectivity index (χ3v) is 13.3. The summed E-state index contributed by atoms with van der Waals surface area (Å²) in [5.41, 5.74) is 13.0. The highest BCUT2D eigenvalue weighted by atomic mass is 16.6. The zero-order valence-corrected chi connectivity index (χ0v) is 45.8. The SMILES string of the molecule is Cc1cc(C(=O)O)c(C)cc1OCO.Cc1cc(C)c(C)cc1C.Cc1ccccc1.O=C(O)c1cc(Nc2ccccc2)c(C(=O)O)cc1Nc1ccccc1.O=c1c2ccccc2[nH]c2cc3c(=O)c4ccccc4[nH]c3cc12. The highest BCUT2D eigenvalue weighted by Gasteiger charge is 2.20. The highest BCUT2D eigenvalue weighted by Crippen LogP contribution is 2.31. The lowest BCUT2D eigenvalue weighted by Gasteiger charge is -2.15. The lowest BCUT2D eigenvalue weighted by Crippen LogP contribution is -2.09. The zero-order chi connectivity index (χ0) is 58.3. The summed E-state index contributed by atoms with van der Waals surface area (Å²) < 4.78 is 4.91. The molecule has 11 rings (SSSR count). The van der Waals surface area contributed by atoms with Crippen LogP contribution in [-0.2, 0) is 0 Å². The van der Waals surface area contributed by atoms with E-state index in [1.165, 1.54) is 46.0 Å². The van der Waals surface area contributed by atoms with E-state index in [1.807, 2.05) is 66.7 Å². The molecule has 14 heteroatoms. The Labute approximate surface area is 467 Å². The number of pyridine rings is 2. The van der Waals surface area contributed by atoms with Crippen LogP contribution in [0.4, 0.5) is 22.7 Å².